The highest BCUT2D eigenvalue weighted by molar-refractivity contribution is 5.71. The largest absolute Gasteiger partial charge is 0.493 e. The molecule has 1 aromatic carbocycles. The number of fused-ring (bicyclic) bond motifs is 2. The van der Waals surface area contributed by atoms with Crippen LogP contribution in [-0.4, -0.2) is 66.8 Å². The number of benzene rings is 1. The molecule has 1 N–H and O–H groups in total. The van der Waals surface area contributed by atoms with Gasteiger partial charge in [0.25, 0.3) is 0 Å². The van der Waals surface area contributed by atoms with Gasteiger partial charge < -0.3 is 29.0 Å². The monoisotopic (exact) mass is 499 g/mol. The van der Waals surface area contributed by atoms with Crippen molar-refractivity contribution in [2.75, 3.05) is 27.4 Å². The average molecular weight is 500 g/mol. The van der Waals surface area contributed by atoms with Crippen LogP contribution < -0.4 is 9.47 Å². The second-order valence-electron chi connectivity index (χ2n) is 12.9. The fourth-order valence-electron chi connectivity index (χ4n) is 9.21. The number of aliphatic hydroxyl groups is 1. The van der Waals surface area contributed by atoms with Crippen LogP contribution in [0.2, 0.25) is 0 Å². The van der Waals surface area contributed by atoms with Crippen LogP contribution in [0.15, 0.2) is 12.1 Å². The number of methoxy groups -OCH3 is 2. The zero-order chi connectivity index (χ0) is 25.9. The van der Waals surface area contributed by atoms with E-state index in [0.717, 1.165) is 43.6 Å². The highest BCUT2D eigenvalue weighted by atomic mass is 16.6. The van der Waals surface area contributed by atoms with Gasteiger partial charge in [0, 0.05) is 42.0 Å². The minimum Gasteiger partial charge on any atom is -0.493 e. The van der Waals surface area contributed by atoms with E-state index in [9.17, 15) is 9.90 Å². The lowest BCUT2D eigenvalue weighted by molar-refractivity contribution is -0.310. The van der Waals surface area contributed by atoms with E-state index in [1.807, 2.05) is 24.8 Å². The van der Waals surface area contributed by atoms with Crippen molar-refractivity contribution in [2.45, 2.75) is 95.5 Å². The predicted octanol–water partition coefficient (Wildman–Crippen LogP) is 4.46. The van der Waals surface area contributed by atoms with Gasteiger partial charge in [-0.3, -0.25) is 0 Å². The Labute approximate surface area is 214 Å². The summed E-state index contributed by atoms with van der Waals surface area (Å²) in [7, 11) is 3.49. The molecule has 4 bridgehead atoms. The van der Waals surface area contributed by atoms with Gasteiger partial charge in [-0.25, -0.2) is 4.79 Å². The molecule has 2 spiro atoms. The summed E-state index contributed by atoms with van der Waals surface area (Å²) in [6, 6.07) is 4.13. The maximum absolute atomic E-state index is 13.3. The molecule has 3 saturated carbocycles. The van der Waals surface area contributed by atoms with Gasteiger partial charge in [0.2, 0.25) is 0 Å². The number of likely N-dealkylation sites (tertiary alicyclic amines) is 1. The molecule has 4 aliphatic carbocycles. The molecule has 4 fully saturated rings. The molecule has 7 rings (SSSR count). The summed E-state index contributed by atoms with van der Waals surface area (Å²) in [5.74, 6) is 1.43. The number of hydrogen-bond acceptors (Lipinski definition) is 6. The third kappa shape index (κ3) is 2.50. The van der Waals surface area contributed by atoms with Crippen LogP contribution in [0.25, 0.3) is 0 Å². The van der Waals surface area contributed by atoms with Gasteiger partial charge in [-0.15, -0.1) is 0 Å². The molecule has 7 heteroatoms. The lowest BCUT2D eigenvalue weighted by atomic mass is 9.33. The maximum atomic E-state index is 13.3. The van der Waals surface area contributed by atoms with Gasteiger partial charge in [-0.2, -0.15) is 0 Å². The van der Waals surface area contributed by atoms with E-state index >= 15 is 0 Å². The Kier molecular flexibility index (Phi) is 4.95. The number of hydrogen-bond donors (Lipinski definition) is 1. The van der Waals surface area contributed by atoms with Crippen LogP contribution >= 0.6 is 0 Å². The molecule has 7 nitrogen and oxygen atoms in total. The van der Waals surface area contributed by atoms with Crippen molar-refractivity contribution in [3.63, 3.8) is 0 Å². The Bertz CT molecular complexity index is 1110. The standard InChI is InChI=1S/C29H41NO6/c1-8-35-24(31)30-14-13-28-21-17-9-10-18(33-6)22(21)36-23(28)29(34-7)12-11-27(28,20(30)15-17)16-19(29)26(5,32)25(2,3)4/h9-10,19-20,23,32H,8,11-16H2,1-7H3/t19-,20?,23?,26?,27?,28+,29?/m1/s1. The van der Waals surface area contributed by atoms with E-state index in [4.69, 9.17) is 18.9 Å². The molecule has 6 aliphatic rings. The Balaban J connectivity index is 1.62. The summed E-state index contributed by atoms with van der Waals surface area (Å²) in [6.45, 7) is 11.1. The third-order valence-corrected chi connectivity index (χ3v) is 11.3. The maximum Gasteiger partial charge on any atom is 0.410 e. The highest BCUT2D eigenvalue weighted by Gasteiger charge is 2.82. The molecular weight excluding hydrogens is 458 g/mol. The molecular formula is C29H41NO6. The molecule has 1 saturated heterocycles. The van der Waals surface area contributed by atoms with Crippen molar-refractivity contribution in [3.8, 4) is 11.5 Å². The first-order valence-corrected chi connectivity index (χ1v) is 13.5. The van der Waals surface area contributed by atoms with Crippen molar-refractivity contribution < 1.29 is 28.8 Å². The van der Waals surface area contributed by atoms with E-state index in [1.165, 1.54) is 11.1 Å². The second kappa shape index (κ2) is 7.31. The highest BCUT2D eigenvalue weighted by Crippen LogP contribution is 2.78. The van der Waals surface area contributed by atoms with Crippen LogP contribution in [0.4, 0.5) is 4.79 Å². The molecule has 5 unspecified atom stereocenters. The Morgan fingerprint density at radius 3 is 2.58 bits per heavy atom. The molecule has 0 aromatic heterocycles. The first-order valence-electron chi connectivity index (χ1n) is 13.5. The van der Waals surface area contributed by atoms with Gasteiger partial charge >= 0.3 is 6.09 Å². The third-order valence-electron chi connectivity index (χ3n) is 11.3. The van der Waals surface area contributed by atoms with Gasteiger partial charge in [0.05, 0.1) is 19.3 Å². The van der Waals surface area contributed by atoms with E-state index in [2.05, 4.69) is 26.8 Å². The number of nitrogens with zero attached hydrogens (tertiary/aromatic N) is 1. The van der Waals surface area contributed by atoms with Crippen LogP contribution in [0.3, 0.4) is 0 Å². The summed E-state index contributed by atoms with van der Waals surface area (Å²) in [4.78, 5) is 15.3. The van der Waals surface area contributed by atoms with E-state index in [0.29, 0.717) is 13.2 Å². The Morgan fingerprint density at radius 1 is 1.19 bits per heavy atom. The number of ether oxygens (including phenoxy) is 4. The number of carbonyl (C=O) groups is 1. The number of carbonyl (C=O) groups excluding carboxylic acids is 1. The van der Waals surface area contributed by atoms with Crippen molar-refractivity contribution in [3.05, 3.63) is 23.3 Å². The van der Waals surface area contributed by atoms with Crippen molar-refractivity contribution in [1.82, 2.24) is 4.90 Å². The van der Waals surface area contributed by atoms with Crippen LogP contribution in [0.5, 0.6) is 11.5 Å². The molecule has 0 radical (unpaired) electrons. The number of piperidine rings is 1. The van der Waals surface area contributed by atoms with Crippen LogP contribution in [0, 0.1) is 16.7 Å². The zero-order valence-electron chi connectivity index (χ0n) is 22.8. The lowest BCUT2D eigenvalue weighted by Crippen LogP contribution is -2.83. The fraction of sp³-hybridized carbons (Fsp3) is 0.759. The summed E-state index contributed by atoms with van der Waals surface area (Å²) in [5, 5.41) is 12.2. The van der Waals surface area contributed by atoms with Crippen LogP contribution in [-0.2, 0) is 21.3 Å². The number of amides is 1. The average Bonchev–Trinajstić information content (AvgIpc) is 3.20. The van der Waals surface area contributed by atoms with E-state index in [-0.39, 0.29) is 40.4 Å². The SMILES string of the molecule is CCOC(=O)N1CC[C@]23c4c5ccc(OC)c4OC2C2(OC)CCC3(C[C@@H]2C(C)(O)C(C)(C)C)C1C5. The summed E-state index contributed by atoms with van der Waals surface area (Å²) >= 11 is 0. The lowest BCUT2D eigenvalue weighted by Gasteiger charge is -2.75. The first-order chi connectivity index (χ1) is 16.9. The topological polar surface area (TPSA) is 77.5 Å². The summed E-state index contributed by atoms with van der Waals surface area (Å²) in [6.07, 6.45) is 3.55. The normalized spacial score (nSPS) is 39.2. The smallest absolute Gasteiger partial charge is 0.410 e. The van der Waals surface area contributed by atoms with Gasteiger partial charge in [-0.05, 0) is 63.0 Å². The summed E-state index contributed by atoms with van der Waals surface area (Å²) < 4.78 is 24.9. The zero-order valence-corrected chi connectivity index (χ0v) is 22.8. The Morgan fingerprint density at radius 2 is 1.94 bits per heavy atom. The quantitative estimate of drug-likeness (QED) is 0.659. The molecule has 36 heavy (non-hydrogen) atoms. The molecule has 1 aromatic rings. The van der Waals surface area contributed by atoms with Gasteiger partial charge in [-0.1, -0.05) is 26.8 Å². The van der Waals surface area contributed by atoms with Crippen molar-refractivity contribution in [2.24, 2.45) is 16.7 Å². The Hall–Kier alpha value is -1.99. The summed E-state index contributed by atoms with van der Waals surface area (Å²) in [5.41, 5.74) is -0.0667. The van der Waals surface area contributed by atoms with Crippen LogP contribution in [0.1, 0.15) is 71.4 Å². The molecule has 1 amide bonds. The van der Waals surface area contributed by atoms with Crippen molar-refractivity contribution in [1.29, 1.82) is 0 Å². The van der Waals surface area contributed by atoms with E-state index < -0.39 is 11.2 Å². The van der Waals surface area contributed by atoms with Crippen molar-refractivity contribution >= 4 is 6.09 Å². The molecule has 2 heterocycles. The minimum absolute atomic E-state index is 0.0170. The number of rotatable bonds is 4. The predicted molar refractivity (Wildman–Crippen MR) is 135 cm³/mol. The second-order valence-corrected chi connectivity index (χ2v) is 12.9. The molecule has 198 valence electrons. The molecule has 2 aliphatic heterocycles. The van der Waals surface area contributed by atoms with Gasteiger partial charge in [0.15, 0.2) is 11.5 Å². The first kappa shape index (κ1) is 24.4. The molecule has 7 atom stereocenters. The fourth-order valence-corrected chi connectivity index (χ4v) is 9.21. The van der Waals surface area contributed by atoms with Gasteiger partial charge in [0.1, 0.15) is 11.7 Å². The minimum atomic E-state index is -1.01. The van der Waals surface area contributed by atoms with E-state index in [1.54, 1.807) is 14.2 Å².